The van der Waals surface area contributed by atoms with E-state index in [-0.39, 0.29) is 5.04 Å². The van der Waals surface area contributed by atoms with Crippen LogP contribution in [0, 0.1) is 0 Å². The first kappa shape index (κ1) is 27.4. The van der Waals surface area contributed by atoms with Gasteiger partial charge in [0.25, 0.3) is 0 Å². The predicted molar refractivity (Wildman–Crippen MR) is 144 cm³/mol. The molecule has 178 valence electrons. The summed E-state index contributed by atoms with van der Waals surface area (Å²) in [7, 11) is -1.70. The Bertz CT molecular complexity index is 771. The van der Waals surface area contributed by atoms with Crippen molar-refractivity contribution >= 4 is 46.6 Å². The molecule has 0 radical (unpaired) electrons. The number of unbranched alkanes of at least 4 members (excludes halogenated alkanes) is 3. The molecule has 0 aromatic carbocycles. The maximum atomic E-state index is 6.46. The van der Waals surface area contributed by atoms with Gasteiger partial charge < -0.3 is 0 Å². The SMILES string of the molecule is CCC[CH2][Sn]([CH2]CCC)([CH2]CCC)[c]1csc2c(CCO[Si](C)(C)C(C)(C)C)ncn12. The molecule has 3 nitrogen and oxygen atoms in total. The summed E-state index contributed by atoms with van der Waals surface area (Å²) < 4.78 is 15.3. The fourth-order valence-electron chi connectivity index (χ4n) is 4.32. The summed E-state index contributed by atoms with van der Waals surface area (Å²) in [5.41, 5.74) is 1.25. The molecule has 0 bridgehead atoms. The topological polar surface area (TPSA) is 26.5 Å². The van der Waals surface area contributed by atoms with Crippen LogP contribution in [0.5, 0.6) is 0 Å². The van der Waals surface area contributed by atoms with Gasteiger partial charge in [-0.25, -0.2) is 0 Å². The Kier molecular flexibility index (Phi) is 10.6. The van der Waals surface area contributed by atoms with Gasteiger partial charge in [0.05, 0.1) is 0 Å². The Morgan fingerprint density at radius 3 is 2.03 bits per heavy atom. The molecule has 0 N–H and O–H groups in total. The molecule has 0 aliphatic heterocycles. The number of fused-ring (bicyclic) bond motifs is 1. The van der Waals surface area contributed by atoms with E-state index in [4.69, 9.17) is 9.41 Å². The van der Waals surface area contributed by atoms with Crippen LogP contribution in [0.3, 0.4) is 0 Å². The van der Waals surface area contributed by atoms with E-state index >= 15 is 0 Å². The molecule has 2 rings (SSSR count). The molecule has 0 fully saturated rings. The van der Waals surface area contributed by atoms with Crippen molar-refractivity contribution in [3.8, 4) is 0 Å². The first-order valence-electron chi connectivity index (χ1n) is 12.7. The van der Waals surface area contributed by atoms with Crippen LogP contribution in [0.1, 0.15) is 85.8 Å². The summed E-state index contributed by atoms with van der Waals surface area (Å²) in [4.78, 5) is 6.28. The first-order valence-corrected chi connectivity index (χ1v) is 24.0. The number of rotatable bonds is 14. The van der Waals surface area contributed by atoms with Crippen molar-refractivity contribution in [1.29, 1.82) is 0 Å². The fourth-order valence-corrected chi connectivity index (χ4v) is 24.5. The van der Waals surface area contributed by atoms with Gasteiger partial charge in [-0.3, -0.25) is 0 Å². The Morgan fingerprint density at radius 2 is 1.55 bits per heavy atom. The van der Waals surface area contributed by atoms with Crippen molar-refractivity contribution in [2.45, 2.75) is 118 Å². The molecular weight excluding hydrogens is 523 g/mol. The van der Waals surface area contributed by atoms with Crippen LogP contribution < -0.4 is 3.71 Å². The van der Waals surface area contributed by atoms with Crippen molar-refractivity contribution in [1.82, 2.24) is 9.38 Å². The van der Waals surface area contributed by atoms with Gasteiger partial charge >= 0.3 is 202 Å². The second-order valence-electron chi connectivity index (χ2n) is 10.9. The zero-order chi connectivity index (χ0) is 23.1. The molecule has 0 spiro atoms. The standard InChI is InChI=1S/C13H21N2OSSi.3C4H9.Sn/c1-13(2,3)18(4,5)16-8-6-11-12-15(10-14-11)7-9-17-12;3*1-3-4-2;/h9-10H,6,8H2,1-5H3;3*1,3-4H2,2H3;. The normalized spacial score (nSPS) is 13.4. The number of thiazole rings is 1. The molecule has 0 unspecified atom stereocenters. The van der Waals surface area contributed by atoms with Gasteiger partial charge in [-0.2, -0.15) is 0 Å². The van der Waals surface area contributed by atoms with Crippen molar-refractivity contribution in [3.63, 3.8) is 0 Å². The summed E-state index contributed by atoms with van der Waals surface area (Å²) in [6.07, 6.45) is 11.3. The zero-order valence-corrected chi connectivity index (χ0v) is 26.3. The van der Waals surface area contributed by atoms with E-state index in [9.17, 15) is 0 Å². The average molecular weight is 572 g/mol. The summed E-state index contributed by atoms with van der Waals surface area (Å²) >= 11 is -0.491. The summed E-state index contributed by atoms with van der Waals surface area (Å²) in [5.74, 6) is 0. The van der Waals surface area contributed by atoms with Crippen LogP contribution in [0.15, 0.2) is 11.7 Å². The van der Waals surface area contributed by atoms with Crippen LogP contribution >= 0.6 is 11.3 Å². The molecule has 2 aromatic heterocycles. The number of hydrogen-bond donors (Lipinski definition) is 0. The van der Waals surface area contributed by atoms with Gasteiger partial charge in [0.15, 0.2) is 0 Å². The van der Waals surface area contributed by atoms with E-state index in [1.54, 1.807) is 3.71 Å². The van der Waals surface area contributed by atoms with Crippen LogP contribution in [-0.2, 0) is 10.8 Å². The van der Waals surface area contributed by atoms with Crippen molar-refractivity contribution in [3.05, 3.63) is 17.4 Å². The minimum absolute atomic E-state index is 0.262. The number of hydrogen-bond acceptors (Lipinski definition) is 3. The fraction of sp³-hybridized carbons (Fsp3) is 0.800. The van der Waals surface area contributed by atoms with Gasteiger partial charge in [-0.05, 0) is 0 Å². The first-order chi connectivity index (χ1) is 14.6. The van der Waals surface area contributed by atoms with Crippen molar-refractivity contribution in [2.24, 2.45) is 0 Å². The van der Waals surface area contributed by atoms with Gasteiger partial charge in [0, 0.05) is 0 Å². The molecule has 31 heavy (non-hydrogen) atoms. The van der Waals surface area contributed by atoms with E-state index in [1.807, 2.05) is 11.3 Å². The van der Waals surface area contributed by atoms with Crippen molar-refractivity contribution < 1.29 is 4.43 Å². The third-order valence-corrected chi connectivity index (χ3v) is 29.1. The van der Waals surface area contributed by atoms with E-state index in [2.05, 4.69) is 70.7 Å². The van der Waals surface area contributed by atoms with E-state index in [0.29, 0.717) is 0 Å². The van der Waals surface area contributed by atoms with Crippen LogP contribution in [0.2, 0.25) is 31.4 Å². The van der Waals surface area contributed by atoms with Gasteiger partial charge in [-0.1, -0.05) is 0 Å². The molecule has 0 saturated heterocycles. The Hall–Kier alpha value is 0.146. The van der Waals surface area contributed by atoms with Crippen LogP contribution in [0.4, 0.5) is 0 Å². The minimum atomic E-state index is -2.44. The molecule has 0 atom stereocenters. The molecule has 2 heterocycles. The van der Waals surface area contributed by atoms with E-state index in [0.717, 1.165) is 13.0 Å². The van der Waals surface area contributed by atoms with Gasteiger partial charge in [0.2, 0.25) is 0 Å². The molecule has 6 heteroatoms. The second kappa shape index (κ2) is 12.0. The van der Waals surface area contributed by atoms with E-state index < -0.39 is 26.7 Å². The molecule has 2 aromatic rings. The average Bonchev–Trinajstić information content (AvgIpc) is 3.30. The third-order valence-electron chi connectivity index (χ3n) is 7.51. The number of imidazole rings is 1. The second-order valence-corrected chi connectivity index (χ2v) is 29.7. The summed E-state index contributed by atoms with van der Waals surface area (Å²) in [5, 5.41) is 2.81. The molecule has 0 aliphatic rings. The van der Waals surface area contributed by atoms with E-state index in [1.165, 1.54) is 62.4 Å². The zero-order valence-electron chi connectivity index (χ0n) is 21.6. The summed E-state index contributed by atoms with van der Waals surface area (Å²) in [6.45, 7) is 19.5. The molecular formula is C25H48N2OSSiSn. The van der Waals surface area contributed by atoms with Gasteiger partial charge in [0.1, 0.15) is 0 Å². The Labute approximate surface area is 201 Å². The molecule has 0 amide bonds. The maximum absolute atomic E-state index is 6.46. The van der Waals surface area contributed by atoms with Crippen molar-refractivity contribution in [2.75, 3.05) is 6.61 Å². The molecule has 0 saturated carbocycles. The van der Waals surface area contributed by atoms with Gasteiger partial charge in [-0.15, -0.1) is 0 Å². The number of aromatic nitrogens is 2. The van der Waals surface area contributed by atoms with Crippen LogP contribution in [0.25, 0.3) is 4.83 Å². The number of nitrogens with zero attached hydrogens (tertiary/aromatic N) is 2. The molecule has 0 aliphatic carbocycles. The Morgan fingerprint density at radius 1 is 1.00 bits per heavy atom. The third kappa shape index (κ3) is 6.83. The predicted octanol–water partition coefficient (Wildman–Crippen LogP) is 8.02. The summed E-state index contributed by atoms with van der Waals surface area (Å²) in [6, 6.07) is 0. The van der Waals surface area contributed by atoms with Crippen LogP contribution in [-0.4, -0.2) is 42.7 Å². The monoisotopic (exact) mass is 572 g/mol. The Balaban J connectivity index is 2.27. The quantitative estimate of drug-likeness (QED) is 0.215.